The largest absolute Gasteiger partial charge is 0.462 e. The number of hydrogen-bond donors (Lipinski definition) is 1. The normalized spacial score (nSPS) is 27.8. The first-order valence-electron chi connectivity index (χ1n) is 20.1. The molecule has 3 fully saturated rings. The first-order chi connectivity index (χ1) is 30.2. The zero-order valence-electron chi connectivity index (χ0n) is 36.3. The summed E-state index contributed by atoms with van der Waals surface area (Å²) in [6.45, 7) is 8.33. The highest BCUT2D eigenvalue weighted by molar-refractivity contribution is 7.99. The molecule has 2 aromatic carbocycles. The molecular weight excluding hydrogens is 867 g/mol. The van der Waals surface area contributed by atoms with Crippen molar-refractivity contribution < 1.29 is 90.5 Å². The molecule has 1 amide bonds. The number of fused-ring (bicyclic) bond motifs is 1. The van der Waals surface area contributed by atoms with Crippen LogP contribution in [0.4, 0.5) is 0 Å². The average Bonchev–Trinajstić information content (AvgIpc) is 3.54. The van der Waals surface area contributed by atoms with Gasteiger partial charge in [0.1, 0.15) is 49.2 Å². The van der Waals surface area contributed by atoms with Gasteiger partial charge < -0.3 is 57.4 Å². The molecule has 0 aromatic heterocycles. The number of nitrogens with one attached hydrogen (secondary N) is 1. The van der Waals surface area contributed by atoms with Crippen LogP contribution in [0.3, 0.4) is 0 Å². The van der Waals surface area contributed by atoms with Gasteiger partial charge in [0.05, 0.1) is 18.0 Å². The first kappa shape index (κ1) is 49.4. The van der Waals surface area contributed by atoms with E-state index in [9.17, 15) is 33.6 Å². The van der Waals surface area contributed by atoms with Crippen molar-refractivity contribution in [2.45, 2.75) is 139 Å². The topological polar surface area (TPSA) is 250 Å². The van der Waals surface area contributed by atoms with E-state index in [0.717, 1.165) is 53.3 Å². The molecule has 0 radical (unpaired) electrons. The lowest BCUT2D eigenvalue weighted by molar-refractivity contribution is -0.309. The van der Waals surface area contributed by atoms with Crippen LogP contribution in [-0.2, 0) is 85.7 Å². The molecule has 1 N–H and O–H groups in total. The Morgan fingerprint density at radius 1 is 0.734 bits per heavy atom. The highest BCUT2D eigenvalue weighted by Gasteiger charge is 2.63. The maximum absolute atomic E-state index is 15.1. The smallest absolute Gasteiger partial charge is 0.380 e. The van der Waals surface area contributed by atoms with Crippen LogP contribution in [-0.4, -0.2) is 133 Å². The molecule has 64 heavy (non-hydrogen) atoms. The lowest BCUT2D eigenvalue weighted by Gasteiger charge is -2.49. The SMILES string of the molecule is CC(=O)N[C@H]1[C@H]([C@H](OC(C)=O)[C@@H](COC(C)=O)OC(C)=O)O[C@](OC(C)=O)(C(=O)O[C@@H]2[C@H]3OC(C)(C)O[C@H]3[C@@H](COC(=O)c3ccccc3)O[C@H]2Sc2ccccc2)C[C@@H]1OC(C)=O. The second-order valence-corrected chi connectivity index (χ2v) is 16.6. The van der Waals surface area contributed by atoms with Gasteiger partial charge in [0, 0.05) is 46.4 Å². The summed E-state index contributed by atoms with van der Waals surface area (Å²) in [4.78, 5) is 104. The van der Waals surface area contributed by atoms with Gasteiger partial charge in [0.25, 0.3) is 0 Å². The van der Waals surface area contributed by atoms with E-state index in [-0.39, 0.29) is 12.2 Å². The van der Waals surface area contributed by atoms with Gasteiger partial charge in [-0.3, -0.25) is 28.8 Å². The number of carbonyl (C=O) groups excluding carboxylic acids is 8. The Kier molecular flexibility index (Phi) is 16.5. The third-order valence-corrected chi connectivity index (χ3v) is 10.8. The third kappa shape index (κ3) is 13.0. The molecule has 0 saturated carbocycles. The van der Waals surface area contributed by atoms with Crippen molar-refractivity contribution in [1.29, 1.82) is 0 Å². The standard InChI is InChI=1S/C43H51NO19S/c1-22(45)44-33-30(55-24(3)47)19-43(60-27(6)50,63-36(33)34(57-26(5)49)31(56-25(4)48)20-53-23(2)46)41(52)59-38-37-35(61-42(7,8)62-37)32(21-54-39(51)28-15-11-9-12-16-28)58-40(38)64-29-17-13-10-14-18-29/h9-18,30-38,40H,19-21H2,1-8H3,(H,44,45)/t30-,31+,32+,33+,34+,35-,36+,37-,38+,40-,43-/m0/s1. The van der Waals surface area contributed by atoms with Crippen molar-refractivity contribution in [2.75, 3.05) is 13.2 Å². The quantitative estimate of drug-likeness (QED) is 0.188. The van der Waals surface area contributed by atoms with E-state index in [1.54, 1.807) is 74.5 Å². The number of carbonyl (C=O) groups is 8. The zero-order valence-corrected chi connectivity index (χ0v) is 37.1. The van der Waals surface area contributed by atoms with E-state index >= 15 is 4.79 Å². The molecule has 3 saturated heterocycles. The van der Waals surface area contributed by atoms with Crippen molar-refractivity contribution in [1.82, 2.24) is 5.32 Å². The highest BCUT2D eigenvalue weighted by atomic mass is 32.2. The van der Waals surface area contributed by atoms with Crippen LogP contribution in [0.2, 0.25) is 0 Å². The summed E-state index contributed by atoms with van der Waals surface area (Å²) in [5.41, 5.74) is -0.863. The summed E-state index contributed by atoms with van der Waals surface area (Å²) in [5.74, 6) is -11.8. The molecule has 348 valence electrons. The Hall–Kier alpha value is -5.61. The number of esters is 7. The van der Waals surface area contributed by atoms with Gasteiger partial charge in [-0.1, -0.05) is 48.2 Å². The van der Waals surface area contributed by atoms with Crippen molar-refractivity contribution in [2.24, 2.45) is 0 Å². The lowest BCUT2D eigenvalue weighted by atomic mass is 9.87. The fourth-order valence-corrected chi connectivity index (χ4v) is 8.56. The molecule has 21 heteroatoms. The molecule has 5 rings (SSSR count). The summed E-state index contributed by atoms with van der Waals surface area (Å²) >= 11 is 1.12. The second kappa shape index (κ2) is 21.4. The van der Waals surface area contributed by atoms with Gasteiger partial charge in [-0.25, -0.2) is 9.59 Å². The molecule has 0 spiro atoms. The minimum absolute atomic E-state index is 0.289. The van der Waals surface area contributed by atoms with E-state index in [1.807, 2.05) is 0 Å². The molecule has 11 atom stereocenters. The first-order valence-corrected chi connectivity index (χ1v) is 21.0. The van der Waals surface area contributed by atoms with E-state index in [2.05, 4.69) is 5.32 Å². The van der Waals surface area contributed by atoms with Gasteiger partial charge in [0.15, 0.2) is 24.1 Å². The van der Waals surface area contributed by atoms with Gasteiger partial charge >= 0.3 is 47.6 Å². The summed E-state index contributed by atoms with van der Waals surface area (Å²) in [7, 11) is 0. The minimum atomic E-state index is -2.89. The van der Waals surface area contributed by atoms with Crippen LogP contribution in [0.5, 0.6) is 0 Å². The van der Waals surface area contributed by atoms with Crippen LogP contribution in [0, 0.1) is 0 Å². The van der Waals surface area contributed by atoms with Crippen LogP contribution in [0.25, 0.3) is 0 Å². The Morgan fingerprint density at radius 2 is 1.36 bits per heavy atom. The van der Waals surface area contributed by atoms with E-state index < -0.39 is 133 Å². The molecule has 0 aliphatic carbocycles. The molecule has 0 unspecified atom stereocenters. The molecule has 3 aliphatic rings. The molecule has 3 aliphatic heterocycles. The van der Waals surface area contributed by atoms with Crippen molar-refractivity contribution in [3.8, 4) is 0 Å². The van der Waals surface area contributed by atoms with Gasteiger partial charge in [-0.05, 0) is 38.1 Å². The number of ether oxygens (including phenoxy) is 11. The van der Waals surface area contributed by atoms with E-state index in [1.165, 1.54) is 0 Å². The summed E-state index contributed by atoms with van der Waals surface area (Å²) in [5, 5.41) is 2.57. The van der Waals surface area contributed by atoms with E-state index in [0.29, 0.717) is 4.90 Å². The van der Waals surface area contributed by atoms with Crippen molar-refractivity contribution in [3.05, 3.63) is 66.2 Å². The van der Waals surface area contributed by atoms with Crippen LogP contribution in [0.15, 0.2) is 65.6 Å². The van der Waals surface area contributed by atoms with Crippen LogP contribution >= 0.6 is 11.8 Å². The molecule has 20 nitrogen and oxygen atoms in total. The fourth-order valence-electron chi connectivity index (χ4n) is 7.43. The summed E-state index contributed by atoms with van der Waals surface area (Å²) in [6.07, 6.45) is -12.5. The minimum Gasteiger partial charge on any atom is -0.462 e. The van der Waals surface area contributed by atoms with Gasteiger partial charge in [-0.15, -0.1) is 0 Å². The van der Waals surface area contributed by atoms with Crippen molar-refractivity contribution in [3.63, 3.8) is 0 Å². The van der Waals surface area contributed by atoms with E-state index in [4.69, 9.17) is 52.1 Å². The number of benzene rings is 2. The van der Waals surface area contributed by atoms with Gasteiger partial charge in [0.2, 0.25) is 5.91 Å². The van der Waals surface area contributed by atoms with Crippen LogP contribution in [0.1, 0.15) is 72.2 Å². The molecule has 0 bridgehead atoms. The highest BCUT2D eigenvalue weighted by Crippen LogP contribution is 2.45. The maximum atomic E-state index is 15.1. The predicted molar refractivity (Wildman–Crippen MR) is 216 cm³/mol. The third-order valence-electron chi connectivity index (χ3n) is 9.68. The number of hydrogen-bond acceptors (Lipinski definition) is 20. The fraction of sp³-hybridized carbons (Fsp3) is 0.535. The Morgan fingerprint density at radius 3 is 1.94 bits per heavy atom. The molecular formula is C43H51NO19S. The number of thioether (sulfide) groups is 1. The van der Waals surface area contributed by atoms with Crippen molar-refractivity contribution >= 4 is 59.5 Å². The second-order valence-electron chi connectivity index (χ2n) is 15.4. The Bertz CT molecular complexity index is 2030. The summed E-state index contributed by atoms with van der Waals surface area (Å²) in [6, 6.07) is 15.6. The Balaban J connectivity index is 1.60. The molecule has 2 aromatic rings. The average molecular weight is 918 g/mol. The summed E-state index contributed by atoms with van der Waals surface area (Å²) < 4.78 is 64.9. The Labute approximate surface area is 372 Å². The monoisotopic (exact) mass is 917 g/mol. The van der Waals surface area contributed by atoms with Gasteiger partial charge in [-0.2, -0.15) is 0 Å². The zero-order chi connectivity index (χ0) is 46.9. The predicted octanol–water partition coefficient (Wildman–Crippen LogP) is 2.70. The molecule has 3 heterocycles. The van der Waals surface area contributed by atoms with Crippen LogP contribution < -0.4 is 5.32 Å². The number of amides is 1. The number of rotatable bonds is 16. The maximum Gasteiger partial charge on any atom is 0.380 e. The lowest BCUT2D eigenvalue weighted by Crippen LogP contribution is -2.70.